The SMILES string of the molecule is Oc1cc2cc(c1)C#Cc1ccc(s1)-c1ccc(s1)C#Cc1cc(O)cc(c1)C#CC#Cc1cc(O)cc(c1)C#Cc1ccc(s1)-c1ccc(s1)C#Cc1cc(O)cc(c1)C#CC#C2. The summed E-state index contributed by atoms with van der Waals surface area (Å²) in [5.41, 5.74) is 4.66. The van der Waals surface area contributed by atoms with E-state index in [2.05, 4.69) is 94.7 Å². The Morgan fingerprint density at radius 2 is 0.438 bits per heavy atom. The number of rotatable bonds is 0. The summed E-state index contributed by atoms with van der Waals surface area (Å²) in [5, 5.41) is 41.7. The molecule has 1 aliphatic rings. The van der Waals surface area contributed by atoms with E-state index in [0.29, 0.717) is 44.5 Å². The molecule has 5 heterocycles. The lowest BCUT2D eigenvalue weighted by Gasteiger charge is -1.96. The smallest absolute Gasteiger partial charge is 0.118 e. The number of phenols is 4. The van der Waals surface area contributed by atoms with Crippen LogP contribution in [0.25, 0.3) is 19.5 Å². The van der Waals surface area contributed by atoms with Gasteiger partial charge in [-0.2, -0.15) is 0 Å². The van der Waals surface area contributed by atoms with Crippen LogP contribution in [0.15, 0.2) is 121 Å². The van der Waals surface area contributed by atoms with E-state index in [0.717, 1.165) is 39.0 Å². The maximum atomic E-state index is 10.4. The molecule has 0 amide bonds. The Balaban J connectivity index is 1.04. The summed E-state index contributed by atoms with van der Waals surface area (Å²) in [7, 11) is 0. The van der Waals surface area contributed by atoms with E-state index < -0.39 is 0 Å². The summed E-state index contributed by atoms with van der Waals surface area (Å²) in [6.45, 7) is 0. The first kappa shape index (κ1) is 40.7. The van der Waals surface area contributed by atoms with Crippen molar-refractivity contribution in [2.75, 3.05) is 0 Å². The fraction of sp³-hybridized carbons (Fsp3) is 0. The molecular formula is C56H24O4S4. The van der Waals surface area contributed by atoms with Gasteiger partial charge in [0.05, 0.1) is 19.5 Å². The lowest BCUT2D eigenvalue weighted by Crippen LogP contribution is -1.81. The average molecular weight is 889 g/mol. The standard InChI is InChI=1S/C56H24O4S4/c57-45-29-37-5-1-2-6-38-26-42(34-46(58)30-38)10-14-50-18-22-55(62-50)56-24-20-52(64-56)16-12-44-28-40(32-48(60)36-44)8-4-3-7-39-27-43(35-47(59)31-39)11-15-51-19-23-54(63-51)53-21-17-49(61-53)13-9-41(25-37)33-45/h17-36,57-60H. The van der Waals surface area contributed by atoms with Crippen molar-refractivity contribution in [1.29, 1.82) is 0 Å². The second kappa shape index (κ2) is 18.5. The van der Waals surface area contributed by atoms with Crippen LogP contribution in [-0.4, -0.2) is 20.4 Å². The third kappa shape index (κ3) is 10.6. The van der Waals surface area contributed by atoms with E-state index >= 15 is 0 Å². The summed E-state index contributed by atoms with van der Waals surface area (Å²) >= 11 is 6.21. The third-order valence-electron chi connectivity index (χ3n) is 8.85. The molecule has 8 aromatic rings. The Labute approximate surface area is 385 Å². The largest absolute Gasteiger partial charge is 0.508 e. The van der Waals surface area contributed by atoms with Crippen LogP contribution in [0.5, 0.6) is 23.0 Å². The van der Waals surface area contributed by atoms with Crippen LogP contribution in [0.2, 0.25) is 0 Å². The Kier molecular flexibility index (Phi) is 11.8. The molecule has 64 heavy (non-hydrogen) atoms. The molecule has 0 spiro atoms. The highest BCUT2D eigenvalue weighted by Gasteiger charge is 2.08. The summed E-state index contributed by atoms with van der Waals surface area (Å²) in [4.78, 5) is 7.60. The highest BCUT2D eigenvalue weighted by molar-refractivity contribution is 7.23. The first-order valence-corrected chi connectivity index (χ1v) is 22.4. The average Bonchev–Trinajstić information content (AvgIpc) is 4.11. The van der Waals surface area contributed by atoms with Crippen LogP contribution < -0.4 is 0 Å². The molecular weight excluding hydrogens is 865 g/mol. The zero-order valence-corrected chi connectivity index (χ0v) is 36.2. The van der Waals surface area contributed by atoms with Gasteiger partial charge in [0.15, 0.2) is 0 Å². The van der Waals surface area contributed by atoms with Crippen LogP contribution in [0, 0.1) is 94.7 Å². The molecule has 9 rings (SSSR count). The van der Waals surface area contributed by atoms with Crippen molar-refractivity contribution in [1.82, 2.24) is 0 Å². The zero-order valence-electron chi connectivity index (χ0n) is 33.0. The van der Waals surface area contributed by atoms with Gasteiger partial charge in [-0.3, -0.25) is 0 Å². The molecule has 4 nitrogen and oxygen atoms in total. The molecule has 16 bridgehead atoms. The fourth-order valence-corrected chi connectivity index (χ4v) is 9.74. The predicted molar refractivity (Wildman–Crippen MR) is 259 cm³/mol. The lowest BCUT2D eigenvalue weighted by atomic mass is 10.1. The van der Waals surface area contributed by atoms with E-state index in [9.17, 15) is 20.4 Å². The molecule has 0 saturated heterocycles. The van der Waals surface area contributed by atoms with Gasteiger partial charge < -0.3 is 20.4 Å². The number of phenolic OH excluding ortho intramolecular Hbond substituents is 4. The maximum Gasteiger partial charge on any atom is 0.118 e. The van der Waals surface area contributed by atoms with Gasteiger partial charge in [0.1, 0.15) is 23.0 Å². The van der Waals surface area contributed by atoms with E-state index in [4.69, 9.17) is 0 Å². The molecule has 0 aliphatic carbocycles. The van der Waals surface area contributed by atoms with Crippen LogP contribution in [0.4, 0.5) is 0 Å². The van der Waals surface area contributed by atoms with Gasteiger partial charge >= 0.3 is 0 Å². The Bertz CT molecular complexity index is 3240. The van der Waals surface area contributed by atoms with Gasteiger partial charge in [0.25, 0.3) is 0 Å². The predicted octanol–water partition coefficient (Wildman–Crippen LogP) is 10.8. The maximum absolute atomic E-state index is 10.4. The Hall–Kier alpha value is -8.64. The second-order valence-corrected chi connectivity index (χ2v) is 18.1. The number of fused-ring (bicyclic) bond motifs is 18. The van der Waals surface area contributed by atoms with Crippen molar-refractivity contribution in [2.45, 2.75) is 0 Å². The van der Waals surface area contributed by atoms with Crippen molar-refractivity contribution in [3.8, 4) is 137 Å². The van der Waals surface area contributed by atoms with E-state index in [1.54, 1.807) is 118 Å². The lowest BCUT2D eigenvalue weighted by molar-refractivity contribution is 0.474. The van der Waals surface area contributed by atoms with Gasteiger partial charge in [-0.25, -0.2) is 0 Å². The quantitative estimate of drug-likeness (QED) is 0.114. The van der Waals surface area contributed by atoms with Gasteiger partial charge in [-0.15, -0.1) is 45.3 Å². The van der Waals surface area contributed by atoms with Crippen LogP contribution >= 0.6 is 45.3 Å². The summed E-state index contributed by atoms with van der Waals surface area (Å²) in [6, 6.07) is 35.7. The van der Waals surface area contributed by atoms with Gasteiger partial charge in [0.2, 0.25) is 0 Å². The minimum absolute atomic E-state index is 0.0418. The van der Waals surface area contributed by atoms with Crippen LogP contribution in [0.3, 0.4) is 0 Å². The third-order valence-corrected chi connectivity index (χ3v) is 13.2. The highest BCUT2D eigenvalue weighted by atomic mass is 32.1. The molecule has 0 saturated carbocycles. The number of hydrogen-bond donors (Lipinski definition) is 4. The minimum Gasteiger partial charge on any atom is -0.508 e. The van der Waals surface area contributed by atoms with Gasteiger partial charge in [0, 0.05) is 64.0 Å². The highest BCUT2D eigenvalue weighted by Crippen LogP contribution is 2.35. The molecule has 8 heteroatoms. The summed E-state index contributed by atoms with van der Waals surface area (Å²) < 4.78 is 0. The van der Waals surface area contributed by atoms with Gasteiger partial charge in [-0.05, 0) is 145 Å². The topological polar surface area (TPSA) is 80.9 Å². The molecule has 4 aromatic carbocycles. The summed E-state index contributed by atoms with van der Waals surface area (Å²) in [5.74, 6) is 48.8. The van der Waals surface area contributed by atoms with Crippen LogP contribution in [-0.2, 0) is 0 Å². The van der Waals surface area contributed by atoms with Gasteiger partial charge in [-0.1, -0.05) is 71.0 Å². The minimum atomic E-state index is 0.0418. The van der Waals surface area contributed by atoms with Crippen LogP contribution in [0.1, 0.15) is 64.0 Å². The number of aromatic hydroxyl groups is 4. The number of thiophene rings is 4. The number of benzene rings is 4. The van der Waals surface area contributed by atoms with E-state index in [-0.39, 0.29) is 23.0 Å². The van der Waals surface area contributed by atoms with Crippen molar-refractivity contribution >= 4 is 45.3 Å². The molecule has 0 atom stereocenters. The summed E-state index contributed by atoms with van der Waals surface area (Å²) in [6.07, 6.45) is 0. The monoisotopic (exact) mass is 888 g/mol. The molecule has 0 unspecified atom stereocenters. The molecule has 1 aliphatic heterocycles. The molecule has 296 valence electrons. The number of hydrogen-bond acceptors (Lipinski definition) is 8. The Morgan fingerprint density at radius 3 is 0.656 bits per heavy atom. The van der Waals surface area contributed by atoms with E-state index in [1.165, 1.54) is 0 Å². The molecule has 4 aromatic heterocycles. The normalized spacial score (nSPS) is 10.8. The van der Waals surface area contributed by atoms with Crippen molar-refractivity contribution in [2.24, 2.45) is 0 Å². The van der Waals surface area contributed by atoms with Crippen molar-refractivity contribution in [3.63, 3.8) is 0 Å². The second-order valence-electron chi connectivity index (χ2n) is 13.7. The van der Waals surface area contributed by atoms with E-state index in [1.807, 2.05) is 48.5 Å². The fourth-order valence-electron chi connectivity index (χ4n) is 6.12. The van der Waals surface area contributed by atoms with Crippen molar-refractivity contribution < 1.29 is 20.4 Å². The van der Waals surface area contributed by atoms with Crippen molar-refractivity contribution in [3.05, 3.63) is 185 Å². The molecule has 0 radical (unpaired) electrons. The Morgan fingerprint density at radius 1 is 0.234 bits per heavy atom. The zero-order chi connectivity index (χ0) is 43.8. The molecule has 0 fully saturated rings. The first-order chi connectivity index (χ1) is 31.2. The molecule has 4 N–H and O–H groups in total. The first-order valence-electron chi connectivity index (χ1n) is 19.1.